The molecule has 0 aliphatic rings. The predicted molar refractivity (Wildman–Crippen MR) is 101 cm³/mol. The minimum absolute atomic E-state index is 0.0408. The van der Waals surface area contributed by atoms with Crippen molar-refractivity contribution in [3.63, 3.8) is 0 Å². The molecule has 0 saturated carbocycles. The van der Waals surface area contributed by atoms with Crippen LogP contribution in [-0.4, -0.2) is 16.7 Å². The van der Waals surface area contributed by atoms with Gasteiger partial charge in [-0.1, -0.05) is 11.6 Å². The quantitative estimate of drug-likeness (QED) is 0.583. The number of anilines is 1. The Labute approximate surface area is 157 Å². The molecule has 0 spiro atoms. The summed E-state index contributed by atoms with van der Waals surface area (Å²) in [6, 6.07) is 5.42. The Morgan fingerprint density at radius 3 is 2.80 bits per heavy atom. The second-order valence-electron chi connectivity index (χ2n) is 5.43. The molecule has 25 heavy (non-hydrogen) atoms. The summed E-state index contributed by atoms with van der Waals surface area (Å²) in [5.74, 6) is 1.03. The highest BCUT2D eigenvalue weighted by atomic mass is 35.5. The van der Waals surface area contributed by atoms with Crippen LogP contribution in [0.2, 0.25) is 4.34 Å². The monoisotopic (exact) mass is 394 g/mol. The van der Waals surface area contributed by atoms with Gasteiger partial charge in [0.25, 0.3) is 0 Å². The Hall–Kier alpha value is -1.96. The van der Waals surface area contributed by atoms with Crippen molar-refractivity contribution < 1.29 is 14.0 Å². The van der Waals surface area contributed by atoms with Crippen LogP contribution in [0.3, 0.4) is 0 Å². The molecule has 3 aromatic rings. The molecule has 3 rings (SSSR count). The highest BCUT2D eigenvalue weighted by molar-refractivity contribution is 7.20. The Bertz CT molecular complexity index is 926. The van der Waals surface area contributed by atoms with E-state index in [1.165, 1.54) is 29.6 Å². The number of thiophene rings is 1. The number of nitrogens with zero attached hydrogens (tertiary/aromatic N) is 1. The molecule has 0 aromatic carbocycles. The molecule has 0 fully saturated rings. The van der Waals surface area contributed by atoms with E-state index < -0.39 is 0 Å². The van der Waals surface area contributed by atoms with Gasteiger partial charge in [-0.3, -0.25) is 9.59 Å². The van der Waals surface area contributed by atoms with Crippen molar-refractivity contribution in [1.29, 1.82) is 0 Å². The number of rotatable bonds is 6. The number of aromatic nitrogens is 1. The fourth-order valence-electron chi connectivity index (χ4n) is 2.33. The van der Waals surface area contributed by atoms with E-state index in [1.54, 1.807) is 13.0 Å². The van der Waals surface area contributed by atoms with Crippen LogP contribution >= 0.6 is 34.3 Å². The first-order valence-electron chi connectivity index (χ1n) is 7.53. The average molecular weight is 395 g/mol. The lowest BCUT2D eigenvalue weighted by Gasteiger charge is -2.00. The van der Waals surface area contributed by atoms with Crippen LogP contribution in [0.4, 0.5) is 5.13 Å². The molecule has 5 nitrogen and oxygen atoms in total. The van der Waals surface area contributed by atoms with Crippen LogP contribution in [0, 0.1) is 6.92 Å². The molecule has 3 aromatic heterocycles. The normalized spacial score (nSPS) is 10.8. The number of Topliss-reactive ketones (excluding diaryl/α,β-unsaturated/α-hetero) is 1. The van der Waals surface area contributed by atoms with Crippen LogP contribution in [0.15, 0.2) is 28.0 Å². The summed E-state index contributed by atoms with van der Waals surface area (Å²) in [5.41, 5.74) is 1.36. The molecule has 130 valence electrons. The molecule has 0 radical (unpaired) electrons. The molecule has 0 unspecified atom stereocenters. The summed E-state index contributed by atoms with van der Waals surface area (Å²) in [4.78, 5) is 28.9. The Morgan fingerprint density at radius 1 is 1.36 bits per heavy atom. The summed E-state index contributed by atoms with van der Waals surface area (Å²) in [5, 5.41) is 5.21. The van der Waals surface area contributed by atoms with Gasteiger partial charge in [0.05, 0.1) is 20.5 Å². The number of aryl methyl sites for hydroxylation is 2. The average Bonchev–Trinajstić information content (AvgIpc) is 3.25. The number of furan rings is 1. The Kier molecular flexibility index (Phi) is 5.36. The van der Waals surface area contributed by atoms with Gasteiger partial charge in [0.1, 0.15) is 11.5 Å². The van der Waals surface area contributed by atoms with Gasteiger partial charge in [0, 0.05) is 18.2 Å². The smallest absolute Gasteiger partial charge is 0.226 e. The lowest BCUT2D eigenvalue weighted by molar-refractivity contribution is -0.116. The molecule has 1 N–H and O–H groups in total. The topological polar surface area (TPSA) is 72.2 Å². The maximum Gasteiger partial charge on any atom is 0.226 e. The predicted octanol–water partition coefficient (Wildman–Crippen LogP) is 5.20. The van der Waals surface area contributed by atoms with Crippen molar-refractivity contribution in [2.45, 2.75) is 26.7 Å². The number of hydrogen-bond donors (Lipinski definition) is 1. The van der Waals surface area contributed by atoms with Crippen molar-refractivity contribution >= 4 is 51.1 Å². The molecule has 0 aliphatic heterocycles. The minimum atomic E-state index is -0.149. The third kappa shape index (κ3) is 4.36. The van der Waals surface area contributed by atoms with Crippen molar-refractivity contribution in [2.75, 3.05) is 5.32 Å². The van der Waals surface area contributed by atoms with Crippen molar-refractivity contribution in [3.05, 3.63) is 45.0 Å². The summed E-state index contributed by atoms with van der Waals surface area (Å²) in [6.45, 7) is 3.24. The number of nitrogens with one attached hydrogen (secondary N) is 1. The molecular weight excluding hydrogens is 380 g/mol. The van der Waals surface area contributed by atoms with Gasteiger partial charge >= 0.3 is 0 Å². The zero-order valence-electron chi connectivity index (χ0n) is 13.6. The third-order valence-corrected chi connectivity index (χ3v) is 5.53. The van der Waals surface area contributed by atoms with Crippen molar-refractivity contribution in [2.24, 2.45) is 0 Å². The summed E-state index contributed by atoms with van der Waals surface area (Å²) in [6.07, 6.45) is 0.683. The highest BCUT2D eigenvalue weighted by Gasteiger charge is 2.14. The standard InChI is InChI=1S/C17H15ClN2O3S2/c1-9(21)12-7-11(23-10(12)2)3-6-16(22)20-17-19-13(8-24-17)14-4-5-15(18)25-14/h4-5,7-8H,3,6H2,1-2H3,(H,19,20,22). The number of halogens is 1. The van der Waals surface area contributed by atoms with Crippen LogP contribution < -0.4 is 5.32 Å². The lowest BCUT2D eigenvalue weighted by Crippen LogP contribution is -2.11. The van der Waals surface area contributed by atoms with Gasteiger partial charge in [0.15, 0.2) is 10.9 Å². The van der Waals surface area contributed by atoms with Gasteiger partial charge in [-0.25, -0.2) is 4.98 Å². The second kappa shape index (κ2) is 7.51. The Morgan fingerprint density at radius 2 is 2.16 bits per heavy atom. The first kappa shape index (κ1) is 17.8. The molecule has 0 atom stereocenters. The number of thiazole rings is 1. The first-order valence-corrected chi connectivity index (χ1v) is 9.61. The van der Waals surface area contributed by atoms with Crippen LogP contribution in [0.25, 0.3) is 10.6 Å². The highest BCUT2D eigenvalue weighted by Crippen LogP contribution is 2.32. The maximum atomic E-state index is 12.1. The SMILES string of the molecule is CC(=O)c1cc(CCC(=O)Nc2nc(-c3ccc(Cl)s3)cs2)oc1C. The van der Waals surface area contributed by atoms with E-state index in [-0.39, 0.29) is 18.1 Å². The van der Waals surface area contributed by atoms with Crippen LogP contribution in [-0.2, 0) is 11.2 Å². The zero-order valence-corrected chi connectivity index (χ0v) is 16.0. The van der Waals surface area contributed by atoms with E-state index in [2.05, 4.69) is 10.3 Å². The molecule has 0 bridgehead atoms. The summed E-state index contributed by atoms with van der Waals surface area (Å²) >= 11 is 8.74. The number of carbonyl (C=O) groups is 2. The fourth-order valence-corrected chi connectivity index (χ4v) is 4.14. The van der Waals surface area contributed by atoms with E-state index in [1.807, 2.05) is 17.5 Å². The van der Waals surface area contributed by atoms with E-state index in [4.69, 9.17) is 16.0 Å². The Balaban J connectivity index is 1.57. The van der Waals surface area contributed by atoms with Gasteiger partial charge in [0.2, 0.25) is 5.91 Å². The van der Waals surface area contributed by atoms with Crippen LogP contribution in [0.1, 0.15) is 35.2 Å². The minimum Gasteiger partial charge on any atom is -0.466 e. The number of amides is 1. The molecule has 1 amide bonds. The number of hydrogen-bond acceptors (Lipinski definition) is 6. The molecule has 0 saturated heterocycles. The second-order valence-corrected chi connectivity index (χ2v) is 8.00. The van der Waals surface area contributed by atoms with E-state index in [9.17, 15) is 9.59 Å². The number of ketones is 1. The third-order valence-electron chi connectivity index (χ3n) is 3.52. The van der Waals surface area contributed by atoms with Gasteiger partial charge in [-0.2, -0.15) is 0 Å². The summed E-state index contributed by atoms with van der Waals surface area (Å²) < 4.78 is 6.22. The molecule has 8 heteroatoms. The molecule has 3 heterocycles. The van der Waals surface area contributed by atoms with E-state index >= 15 is 0 Å². The first-order chi connectivity index (χ1) is 11.9. The molecular formula is C17H15ClN2O3S2. The summed E-state index contributed by atoms with van der Waals surface area (Å²) in [7, 11) is 0. The lowest BCUT2D eigenvalue weighted by atomic mass is 10.1. The van der Waals surface area contributed by atoms with Gasteiger partial charge < -0.3 is 9.73 Å². The van der Waals surface area contributed by atoms with Gasteiger partial charge in [-0.05, 0) is 32.0 Å². The zero-order chi connectivity index (χ0) is 18.0. The van der Waals surface area contributed by atoms with E-state index in [0.29, 0.717) is 33.0 Å². The van der Waals surface area contributed by atoms with Crippen LogP contribution in [0.5, 0.6) is 0 Å². The maximum absolute atomic E-state index is 12.1. The van der Waals surface area contributed by atoms with Crippen molar-refractivity contribution in [1.82, 2.24) is 4.98 Å². The van der Waals surface area contributed by atoms with Gasteiger partial charge in [-0.15, -0.1) is 22.7 Å². The van der Waals surface area contributed by atoms with Crippen molar-refractivity contribution in [3.8, 4) is 10.6 Å². The fraction of sp³-hybridized carbons (Fsp3) is 0.235. The number of carbonyl (C=O) groups excluding carboxylic acids is 2. The molecule has 0 aliphatic carbocycles. The largest absolute Gasteiger partial charge is 0.466 e. The van der Waals surface area contributed by atoms with E-state index in [0.717, 1.165) is 10.6 Å².